The summed E-state index contributed by atoms with van der Waals surface area (Å²) >= 11 is 0. The number of aryl methyl sites for hydroxylation is 2. The summed E-state index contributed by atoms with van der Waals surface area (Å²) in [5, 5.41) is 12.7. The van der Waals surface area contributed by atoms with Crippen molar-refractivity contribution in [2.45, 2.75) is 31.9 Å². The van der Waals surface area contributed by atoms with Crippen molar-refractivity contribution in [2.24, 2.45) is 0 Å². The number of hydrogen-bond acceptors (Lipinski definition) is 5. The molecule has 2 N–H and O–H groups in total. The van der Waals surface area contributed by atoms with Gasteiger partial charge in [0.05, 0.1) is 17.2 Å². The van der Waals surface area contributed by atoms with Crippen LogP contribution in [0.2, 0.25) is 0 Å². The van der Waals surface area contributed by atoms with Gasteiger partial charge in [-0.05, 0) is 32.0 Å². The van der Waals surface area contributed by atoms with Crippen LogP contribution in [0, 0.1) is 19.7 Å². The lowest BCUT2D eigenvalue weighted by atomic mass is 10.2. The lowest BCUT2D eigenvalue weighted by Crippen LogP contribution is -2.24. The number of rotatable bonds is 5. The van der Waals surface area contributed by atoms with Gasteiger partial charge < -0.3 is 9.63 Å². The summed E-state index contributed by atoms with van der Waals surface area (Å²) in [6.45, 7) is 2.85. The minimum atomic E-state index is -3.82. The first-order valence-electron chi connectivity index (χ1n) is 6.16. The summed E-state index contributed by atoms with van der Waals surface area (Å²) in [6.07, 6.45) is 0. The molecule has 114 valence electrons. The zero-order valence-electron chi connectivity index (χ0n) is 11.6. The summed E-state index contributed by atoms with van der Waals surface area (Å²) in [5.74, 6) is -0.118. The minimum Gasteiger partial charge on any atom is -0.392 e. The van der Waals surface area contributed by atoms with E-state index in [1.807, 2.05) is 0 Å². The lowest BCUT2D eigenvalue weighted by Gasteiger charge is -2.08. The molecule has 0 unspecified atom stereocenters. The minimum absolute atomic E-state index is 0.0231. The van der Waals surface area contributed by atoms with E-state index in [4.69, 9.17) is 9.63 Å². The highest BCUT2D eigenvalue weighted by Crippen LogP contribution is 2.17. The number of nitrogens with one attached hydrogen (secondary N) is 1. The second kappa shape index (κ2) is 5.92. The maximum absolute atomic E-state index is 13.3. The highest BCUT2D eigenvalue weighted by atomic mass is 32.2. The number of hydrogen-bond donors (Lipinski definition) is 2. The van der Waals surface area contributed by atoms with Crippen LogP contribution in [0.3, 0.4) is 0 Å². The summed E-state index contributed by atoms with van der Waals surface area (Å²) in [4.78, 5) is -0.111. The normalized spacial score (nSPS) is 11.8. The van der Waals surface area contributed by atoms with Crippen molar-refractivity contribution in [2.75, 3.05) is 0 Å². The number of nitrogens with zero attached hydrogens (tertiary/aromatic N) is 1. The van der Waals surface area contributed by atoms with Crippen LogP contribution in [0.25, 0.3) is 0 Å². The summed E-state index contributed by atoms with van der Waals surface area (Å²) < 4.78 is 45.0. The van der Waals surface area contributed by atoms with Crippen LogP contribution in [-0.2, 0) is 23.2 Å². The van der Waals surface area contributed by atoms with E-state index in [0.29, 0.717) is 17.0 Å². The van der Waals surface area contributed by atoms with E-state index < -0.39 is 22.4 Å². The SMILES string of the molecule is Cc1noc(C)c1CNS(=O)(=O)c1ccc(F)c(CO)c1. The number of aliphatic hydroxyl groups is 1. The van der Waals surface area contributed by atoms with Crippen molar-refractivity contribution in [3.8, 4) is 0 Å². The molecule has 1 heterocycles. The third kappa shape index (κ3) is 3.29. The molecule has 2 aromatic rings. The zero-order valence-corrected chi connectivity index (χ0v) is 12.4. The van der Waals surface area contributed by atoms with Crippen LogP contribution in [-0.4, -0.2) is 18.7 Å². The summed E-state index contributed by atoms with van der Waals surface area (Å²) in [5.41, 5.74) is 1.18. The molecule has 1 aromatic heterocycles. The molecular weight excluding hydrogens is 299 g/mol. The monoisotopic (exact) mass is 314 g/mol. The van der Waals surface area contributed by atoms with E-state index in [0.717, 1.165) is 18.2 Å². The zero-order chi connectivity index (χ0) is 15.6. The van der Waals surface area contributed by atoms with Crippen LogP contribution in [0.15, 0.2) is 27.6 Å². The molecule has 0 radical (unpaired) electrons. The molecule has 0 aliphatic rings. The Morgan fingerprint density at radius 1 is 1.38 bits per heavy atom. The Bertz CT molecular complexity index is 736. The Morgan fingerprint density at radius 2 is 2.10 bits per heavy atom. The Balaban J connectivity index is 2.23. The second-order valence-corrected chi connectivity index (χ2v) is 6.31. The molecule has 1 aromatic carbocycles. The van der Waals surface area contributed by atoms with Crippen molar-refractivity contribution in [3.05, 3.63) is 46.6 Å². The first kappa shape index (κ1) is 15.6. The molecule has 0 saturated carbocycles. The quantitative estimate of drug-likeness (QED) is 0.870. The van der Waals surface area contributed by atoms with Crippen LogP contribution in [0.4, 0.5) is 4.39 Å². The third-order valence-electron chi connectivity index (χ3n) is 3.12. The van der Waals surface area contributed by atoms with Crippen LogP contribution < -0.4 is 4.72 Å². The molecule has 0 bridgehead atoms. The van der Waals surface area contributed by atoms with E-state index in [-0.39, 0.29) is 17.0 Å². The van der Waals surface area contributed by atoms with Crippen molar-refractivity contribution in [3.63, 3.8) is 0 Å². The molecule has 21 heavy (non-hydrogen) atoms. The molecule has 0 amide bonds. The van der Waals surface area contributed by atoms with Gasteiger partial charge in [0.1, 0.15) is 11.6 Å². The molecule has 0 saturated heterocycles. The van der Waals surface area contributed by atoms with Gasteiger partial charge in [-0.25, -0.2) is 17.5 Å². The fourth-order valence-corrected chi connectivity index (χ4v) is 2.89. The second-order valence-electron chi connectivity index (χ2n) is 4.54. The van der Waals surface area contributed by atoms with Crippen molar-refractivity contribution >= 4 is 10.0 Å². The molecular formula is C13H15FN2O4S. The van der Waals surface area contributed by atoms with Gasteiger partial charge in [-0.1, -0.05) is 5.16 Å². The molecule has 0 atom stereocenters. The van der Waals surface area contributed by atoms with Gasteiger partial charge >= 0.3 is 0 Å². The van der Waals surface area contributed by atoms with Crippen molar-refractivity contribution < 1.29 is 22.4 Å². The number of sulfonamides is 1. The lowest BCUT2D eigenvalue weighted by molar-refractivity contribution is 0.275. The maximum atomic E-state index is 13.3. The largest absolute Gasteiger partial charge is 0.392 e. The number of halogens is 1. The van der Waals surface area contributed by atoms with Gasteiger partial charge in [-0.2, -0.15) is 0 Å². The standard InChI is InChI=1S/C13H15FN2O4S/c1-8-12(9(2)20-16-8)6-15-21(18,19)11-3-4-13(14)10(5-11)7-17/h3-5,15,17H,6-7H2,1-2H3. The number of aromatic nitrogens is 1. The predicted molar refractivity (Wildman–Crippen MR) is 72.3 cm³/mol. The Hall–Kier alpha value is -1.77. The van der Waals surface area contributed by atoms with E-state index in [2.05, 4.69) is 9.88 Å². The molecule has 8 heteroatoms. The third-order valence-corrected chi connectivity index (χ3v) is 4.52. The molecule has 0 aliphatic heterocycles. The topological polar surface area (TPSA) is 92.4 Å². The Morgan fingerprint density at radius 3 is 2.67 bits per heavy atom. The van der Waals surface area contributed by atoms with Gasteiger partial charge in [0.25, 0.3) is 0 Å². The fraction of sp³-hybridized carbons (Fsp3) is 0.308. The van der Waals surface area contributed by atoms with E-state index in [1.165, 1.54) is 0 Å². The van der Waals surface area contributed by atoms with Gasteiger partial charge in [-0.15, -0.1) is 0 Å². The maximum Gasteiger partial charge on any atom is 0.240 e. The summed E-state index contributed by atoms with van der Waals surface area (Å²) in [6, 6.07) is 3.26. The molecule has 2 rings (SSSR count). The Labute approximate surface area is 121 Å². The molecule has 0 aliphatic carbocycles. The molecule has 6 nitrogen and oxygen atoms in total. The van der Waals surface area contributed by atoms with Crippen LogP contribution >= 0.6 is 0 Å². The van der Waals surface area contributed by atoms with Gasteiger partial charge in [-0.3, -0.25) is 0 Å². The van der Waals surface area contributed by atoms with Gasteiger partial charge in [0, 0.05) is 17.7 Å². The predicted octanol–water partition coefficient (Wildman–Crippen LogP) is 1.40. The molecule has 0 spiro atoms. The first-order valence-corrected chi connectivity index (χ1v) is 7.64. The average molecular weight is 314 g/mol. The van der Waals surface area contributed by atoms with Crippen LogP contribution in [0.5, 0.6) is 0 Å². The van der Waals surface area contributed by atoms with Crippen molar-refractivity contribution in [1.29, 1.82) is 0 Å². The first-order chi connectivity index (χ1) is 9.85. The number of aliphatic hydroxyl groups excluding tert-OH is 1. The number of benzene rings is 1. The van der Waals surface area contributed by atoms with Gasteiger partial charge in [0.15, 0.2) is 0 Å². The highest BCUT2D eigenvalue weighted by molar-refractivity contribution is 7.89. The van der Waals surface area contributed by atoms with E-state index in [9.17, 15) is 12.8 Å². The van der Waals surface area contributed by atoms with Crippen molar-refractivity contribution in [1.82, 2.24) is 9.88 Å². The highest BCUT2D eigenvalue weighted by Gasteiger charge is 2.18. The average Bonchev–Trinajstić information content (AvgIpc) is 2.76. The Kier molecular flexibility index (Phi) is 4.40. The van der Waals surface area contributed by atoms with Crippen LogP contribution in [0.1, 0.15) is 22.6 Å². The fourth-order valence-electron chi connectivity index (χ4n) is 1.84. The summed E-state index contributed by atoms with van der Waals surface area (Å²) in [7, 11) is -3.82. The van der Waals surface area contributed by atoms with E-state index >= 15 is 0 Å². The smallest absolute Gasteiger partial charge is 0.240 e. The molecule has 0 fully saturated rings. The van der Waals surface area contributed by atoms with E-state index in [1.54, 1.807) is 13.8 Å². The van der Waals surface area contributed by atoms with Gasteiger partial charge in [0.2, 0.25) is 10.0 Å².